The summed E-state index contributed by atoms with van der Waals surface area (Å²) in [5, 5.41) is 7.63. The first-order valence-electron chi connectivity index (χ1n) is 6.11. The van der Waals surface area contributed by atoms with Gasteiger partial charge in [0.1, 0.15) is 0 Å². The summed E-state index contributed by atoms with van der Waals surface area (Å²) in [7, 11) is 0. The van der Waals surface area contributed by atoms with Gasteiger partial charge in [-0.25, -0.2) is 22.0 Å². The molecule has 0 saturated heterocycles. The normalized spacial score (nSPS) is 19.0. The number of aliphatic hydroxyl groups is 1. The minimum absolute atomic E-state index is 4.92. The lowest BCUT2D eigenvalue weighted by molar-refractivity contribution is -0.439. The lowest BCUT2D eigenvalue weighted by atomic mass is 9.89. The fourth-order valence-corrected chi connectivity index (χ4v) is 1.46. The molecular weight excluding hydrogens is 459 g/mol. The Hall–Kier alpha value is -1.23. The molecule has 3 unspecified atom stereocenters. The Balaban J connectivity index is 6.47. The first-order chi connectivity index (χ1) is 12.0. The molecule has 0 saturated carbocycles. The molecule has 3 atom stereocenters. The maximum Gasteiger partial charge on any atom is 0.384 e. The van der Waals surface area contributed by atoms with E-state index in [1.807, 2.05) is 0 Å². The molecule has 18 heteroatoms. The van der Waals surface area contributed by atoms with Gasteiger partial charge in [-0.1, -0.05) is 0 Å². The second kappa shape index (κ2) is 7.23. The van der Waals surface area contributed by atoms with Crippen molar-refractivity contribution in [3.63, 3.8) is 0 Å². The van der Waals surface area contributed by atoms with Gasteiger partial charge in [0.05, 0.1) is 0 Å². The predicted octanol–water partition coefficient (Wildman–Crippen LogP) is 5.03. The SMILES string of the molecule is OC(F)C(F)(F)C(F)(F)C(F)(F)C(F)(F)C(F)(F)C(F)(F)C(F)C(F)C(F)F. The zero-order valence-electron chi connectivity index (χ0n) is 12.2. The highest BCUT2D eigenvalue weighted by molar-refractivity contribution is 5.13. The van der Waals surface area contributed by atoms with Crippen LogP contribution < -0.4 is 0 Å². The summed E-state index contributed by atoms with van der Waals surface area (Å²) in [6.07, 6.45) is -21.1. The Morgan fingerprint density at radius 2 is 0.750 bits per heavy atom. The Bertz CT molecular complexity index is 540. The van der Waals surface area contributed by atoms with Crippen LogP contribution in [0.3, 0.4) is 0 Å². The van der Waals surface area contributed by atoms with Crippen LogP contribution in [0.4, 0.5) is 74.6 Å². The van der Waals surface area contributed by atoms with Gasteiger partial charge in [-0.15, -0.1) is 0 Å². The van der Waals surface area contributed by atoms with E-state index in [0.717, 1.165) is 0 Å². The second-order valence-electron chi connectivity index (χ2n) is 5.06. The predicted molar refractivity (Wildman–Crippen MR) is 52.6 cm³/mol. The van der Waals surface area contributed by atoms with Crippen molar-refractivity contribution in [2.75, 3.05) is 0 Å². The average Bonchev–Trinajstić information content (AvgIpc) is 2.51. The van der Waals surface area contributed by atoms with Gasteiger partial charge < -0.3 is 5.11 Å². The molecule has 1 N–H and O–H groups in total. The van der Waals surface area contributed by atoms with Gasteiger partial charge in [-0.05, 0) is 0 Å². The van der Waals surface area contributed by atoms with E-state index >= 15 is 0 Å². The molecule has 0 radical (unpaired) electrons. The van der Waals surface area contributed by atoms with Crippen LogP contribution in [0.15, 0.2) is 0 Å². The molecule has 0 aromatic rings. The number of rotatable bonds is 9. The van der Waals surface area contributed by atoms with Crippen molar-refractivity contribution in [1.82, 2.24) is 0 Å². The van der Waals surface area contributed by atoms with Crippen molar-refractivity contribution >= 4 is 0 Å². The van der Waals surface area contributed by atoms with Crippen molar-refractivity contribution in [2.24, 2.45) is 0 Å². The molecule has 0 heterocycles. The quantitative estimate of drug-likeness (QED) is 0.475. The molecule has 28 heavy (non-hydrogen) atoms. The third-order valence-electron chi connectivity index (χ3n) is 3.19. The van der Waals surface area contributed by atoms with Crippen LogP contribution >= 0.6 is 0 Å². The zero-order valence-corrected chi connectivity index (χ0v) is 12.2. The van der Waals surface area contributed by atoms with Crippen LogP contribution in [0.5, 0.6) is 0 Å². The smallest absolute Gasteiger partial charge is 0.359 e. The van der Waals surface area contributed by atoms with Crippen LogP contribution in [-0.2, 0) is 0 Å². The summed E-state index contributed by atoms with van der Waals surface area (Å²) in [4.78, 5) is 0. The number of alkyl halides is 17. The standard InChI is InChI=1S/C10H5F17O/c11-1(3(13)14)2(12)5(16,17)7(20,21)9(24,25)10(26,27)8(22,23)6(18,19)4(15)28/h1-4,28H. The highest BCUT2D eigenvalue weighted by Crippen LogP contribution is 2.61. The van der Waals surface area contributed by atoms with Crippen LogP contribution in [0.2, 0.25) is 0 Å². The molecule has 0 aliphatic rings. The summed E-state index contributed by atoms with van der Waals surface area (Å²) in [5.74, 6) is -47.9. The number of hydrogen-bond acceptors (Lipinski definition) is 1. The molecule has 0 spiro atoms. The molecule has 170 valence electrons. The summed E-state index contributed by atoms with van der Waals surface area (Å²) in [6.45, 7) is 0. The van der Waals surface area contributed by atoms with Crippen LogP contribution in [0, 0.1) is 0 Å². The van der Waals surface area contributed by atoms with Crippen LogP contribution in [0.25, 0.3) is 0 Å². The summed E-state index contributed by atoms with van der Waals surface area (Å²) >= 11 is 0. The Morgan fingerprint density at radius 1 is 0.464 bits per heavy atom. The monoisotopic (exact) mass is 464 g/mol. The van der Waals surface area contributed by atoms with E-state index in [9.17, 15) is 74.6 Å². The lowest BCUT2D eigenvalue weighted by Crippen LogP contribution is -2.73. The van der Waals surface area contributed by atoms with Gasteiger partial charge in [-0.3, -0.25) is 0 Å². The molecule has 0 aliphatic heterocycles. The molecular formula is C10H5F17O. The molecule has 0 rings (SSSR count). The fraction of sp³-hybridized carbons (Fsp3) is 1.00. The highest BCUT2D eigenvalue weighted by Gasteiger charge is 2.92. The number of hydrogen-bond donors (Lipinski definition) is 1. The molecule has 0 fully saturated rings. The lowest BCUT2D eigenvalue weighted by Gasteiger charge is -2.42. The van der Waals surface area contributed by atoms with E-state index in [1.54, 1.807) is 0 Å². The largest absolute Gasteiger partial charge is 0.384 e. The van der Waals surface area contributed by atoms with Gasteiger partial charge in [0.2, 0.25) is 6.17 Å². The summed E-state index contributed by atoms with van der Waals surface area (Å²) in [6, 6.07) is 0. The van der Waals surface area contributed by atoms with Gasteiger partial charge in [0.25, 0.3) is 12.8 Å². The highest BCUT2D eigenvalue weighted by atomic mass is 19.4. The van der Waals surface area contributed by atoms with E-state index in [4.69, 9.17) is 5.11 Å². The molecule has 0 aromatic heterocycles. The van der Waals surface area contributed by atoms with Crippen molar-refractivity contribution < 1.29 is 79.7 Å². The van der Waals surface area contributed by atoms with Crippen molar-refractivity contribution in [3.8, 4) is 0 Å². The van der Waals surface area contributed by atoms with Crippen molar-refractivity contribution in [1.29, 1.82) is 0 Å². The fourth-order valence-electron chi connectivity index (χ4n) is 1.46. The van der Waals surface area contributed by atoms with E-state index in [0.29, 0.717) is 0 Å². The maximum absolute atomic E-state index is 13.1. The van der Waals surface area contributed by atoms with Gasteiger partial charge in [-0.2, -0.15) is 52.7 Å². The van der Waals surface area contributed by atoms with Crippen LogP contribution in [0.1, 0.15) is 0 Å². The average molecular weight is 464 g/mol. The number of halogens is 17. The Kier molecular flexibility index (Phi) is 6.91. The summed E-state index contributed by atoms with van der Waals surface area (Å²) in [5.41, 5.74) is 0. The van der Waals surface area contributed by atoms with E-state index in [1.165, 1.54) is 0 Å². The van der Waals surface area contributed by atoms with Gasteiger partial charge >= 0.3 is 35.5 Å². The minimum Gasteiger partial charge on any atom is -0.359 e. The number of aliphatic hydroxyl groups excluding tert-OH is 1. The first kappa shape index (κ1) is 26.8. The zero-order chi connectivity index (χ0) is 23.3. The first-order valence-corrected chi connectivity index (χ1v) is 6.11. The van der Waals surface area contributed by atoms with Crippen molar-refractivity contribution in [2.45, 2.75) is 60.7 Å². The third kappa shape index (κ3) is 3.44. The molecule has 0 aliphatic carbocycles. The van der Waals surface area contributed by atoms with E-state index < -0.39 is 60.7 Å². The Morgan fingerprint density at radius 3 is 1.00 bits per heavy atom. The summed E-state index contributed by atoms with van der Waals surface area (Å²) < 4.78 is 216. The third-order valence-corrected chi connectivity index (χ3v) is 3.19. The van der Waals surface area contributed by atoms with Gasteiger partial charge in [0, 0.05) is 0 Å². The molecule has 1 nitrogen and oxygen atoms in total. The Labute approximate surface area is 142 Å². The molecule has 0 amide bonds. The molecule has 0 aromatic carbocycles. The van der Waals surface area contributed by atoms with E-state index in [-0.39, 0.29) is 0 Å². The second-order valence-corrected chi connectivity index (χ2v) is 5.06. The molecule has 0 bridgehead atoms. The minimum atomic E-state index is -8.42. The maximum atomic E-state index is 13.1. The van der Waals surface area contributed by atoms with Crippen molar-refractivity contribution in [3.05, 3.63) is 0 Å². The van der Waals surface area contributed by atoms with Crippen LogP contribution in [-0.4, -0.2) is 65.8 Å². The topological polar surface area (TPSA) is 20.2 Å². The van der Waals surface area contributed by atoms with Gasteiger partial charge in [0.15, 0.2) is 6.17 Å². The van der Waals surface area contributed by atoms with E-state index in [2.05, 4.69) is 0 Å².